The molecule has 0 spiro atoms. The minimum absolute atomic E-state index is 0.0660. The molecule has 0 unspecified atom stereocenters. The van der Waals surface area contributed by atoms with E-state index >= 15 is 0 Å². The molecule has 0 saturated carbocycles. The van der Waals surface area contributed by atoms with Crippen molar-refractivity contribution in [1.29, 1.82) is 0 Å². The number of carboxylic acids is 1. The lowest BCUT2D eigenvalue weighted by atomic mass is 10.4. The normalized spacial score (nSPS) is 12.5. The lowest BCUT2D eigenvalue weighted by Gasteiger charge is -2.00. The molecule has 4 nitrogen and oxygen atoms in total. The fraction of sp³-hybridized carbons (Fsp3) is 0.100. The summed E-state index contributed by atoms with van der Waals surface area (Å²) in [7, 11) is -3.68. The summed E-state index contributed by atoms with van der Waals surface area (Å²) in [4.78, 5) is 10.6. The van der Waals surface area contributed by atoms with E-state index in [1.165, 1.54) is 19.1 Å². The minimum Gasteiger partial charge on any atom is -0.478 e. The van der Waals surface area contributed by atoms with Crippen LogP contribution in [0.5, 0.6) is 0 Å². The van der Waals surface area contributed by atoms with Crippen molar-refractivity contribution in [1.82, 2.24) is 0 Å². The van der Waals surface area contributed by atoms with Crippen molar-refractivity contribution in [2.45, 2.75) is 11.8 Å². The fourth-order valence-electron chi connectivity index (χ4n) is 0.975. The Labute approximate surface area is 102 Å². The molecular formula is C10H9BrO4S. The minimum atomic E-state index is -3.68. The number of rotatable bonds is 3. The second-order valence-corrected chi connectivity index (χ2v) is 5.82. The van der Waals surface area contributed by atoms with Crippen LogP contribution in [0, 0.1) is 0 Å². The molecule has 0 bridgehead atoms. The highest BCUT2D eigenvalue weighted by Gasteiger charge is 2.13. The van der Waals surface area contributed by atoms with Gasteiger partial charge in [-0.05, 0) is 31.2 Å². The van der Waals surface area contributed by atoms with Crippen molar-refractivity contribution in [3.8, 4) is 0 Å². The molecule has 1 aromatic rings. The number of carbonyl (C=O) groups is 1. The third kappa shape index (κ3) is 3.18. The zero-order chi connectivity index (χ0) is 12.3. The zero-order valence-electron chi connectivity index (χ0n) is 8.34. The van der Waals surface area contributed by atoms with Gasteiger partial charge < -0.3 is 5.11 Å². The van der Waals surface area contributed by atoms with Crippen molar-refractivity contribution in [2.75, 3.05) is 0 Å². The summed E-state index contributed by atoms with van der Waals surface area (Å²) in [6, 6.07) is 5.98. The Morgan fingerprint density at radius 1 is 1.31 bits per heavy atom. The summed E-state index contributed by atoms with van der Waals surface area (Å²) in [5.41, 5.74) is -0.220. The summed E-state index contributed by atoms with van der Waals surface area (Å²) in [6.45, 7) is 1.23. The highest BCUT2D eigenvalue weighted by Crippen LogP contribution is 2.17. The van der Waals surface area contributed by atoms with E-state index < -0.39 is 15.8 Å². The predicted octanol–water partition coefficient (Wildman–Crippen LogP) is 2.21. The fourth-order valence-corrected chi connectivity index (χ4v) is 2.46. The van der Waals surface area contributed by atoms with Gasteiger partial charge in [-0.1, -0.05) is 15.9 Å². The van der Waals surface area contributed by atoms with Crippen LogP contribution < -0.4 is 0 Å². The largest absolute Gasteiger partial charge is 0.478 e. The van der Waals surface area contributed by atoms with Gasteiger partial charge in [0, 0.05) is 15.5 Å². The SMILES string of the molecule is C/C(=C\S(=O)(=O)c1ccc(Br)cc1)C(=O)O. The molecule has 0 aliphatic carbocycles. The molecule has 1 aromatic carbocycles. The smallest absolute Gasteiger partial charge is 0.331 e. The van der Waals surface area contributed by atoms with Crippen molar-refractivity contribution < 1.29 is 18.3 Å². The Kier molecular flexibility index (Phi) is 3.88. The summed E-state index contributed by atoms with van der Waals surface area (Å²) in [5.74, 6) is -1.25. The van der Waals surface area contributed by atoms with Gasteiger partial charge >= 0.3 is 5.97 Å². The molecule has 0 aliphatic heterocycles. The molecule has 0 atom stereocenters. The monoisotopic (exact) mass is 304 g/mol. The molecular weight excluding hydrogens is 296 g/mol. The van der Waals surface area contributed by atoms with Gasteiger partial charge in [0.1, 0.15) is 0 Å². The van der Waals surface area contributed by atoms with Crippen LogP contribution in [-0.4, -0.2) is 19.5 Å². The third-order valence-electron chi connectivity index (χ3n) is 1.81. The van der Waals surface area contributed by atoms with Gasteiger partial charge in [-0.25, -0.2) is 13.2 Å². The average molecular weight is 305 g/mol. The summed E-state index contributed by atoms with van der Waals surface area (Å²) in [6.07, 6.45) is 0. The van der Waals surface area contributed by atoms with Gasteiger partial charge in [0.25, 0.3) is 0 Å². The molecule has 1 rings (SSSR count). The van der Waals surface area contributed by atoms with Gasteiger partial charge in [-0.3, -0.25) is 0 Å². The van der Waals surface area contributed by atoms with Crippen LogP contribution in [0.3, 0.4) is 0 Å². The third-order valence-corrected chi connectivity index (χ3v) is 3.93. The first-order valence-corrected chi connectivity index (χ1v) is 6.59. The summed E-state index contributed by atoms with van der Waals surface area (Å²) < 4.78 is 24.2. The number of hydrogen-bond acceptors (Lipinski definition) is 3. The Morgan fingerprint density at radius 3 is 2.25 bits per heavy atom. The van der Waals surface area contributed by atoms with Crippen LogP contribution in [0.1, 0.15) is 6.92 Å². The number of carboxylic acid groups (broad SMARTS) is 1. The molecule has 6 heteroatoms. The number of aliphatic carboxylic acids is 1. The molecule has 1 N–H and O–H groups in total. The molecule has 0 amide bonds. The van der Waals surface area contributed by atoms with Crippen molar-refractivity contribution in [3.05, 3.63) is 39.7 Å². The van der Waals surface area contributed by atoms with E-state index in [1.54, 1.807) is 12.1 Å². The van der Waals surface area contributed by atoms with E-state index in [9.17, 15) is 13.2 Å². The molecule has 0 aromatic heterocycles. The van der Waals surface area contributed by atoms with Crippen LogP contribution in [0.4, 0.5) is 0 Å². The number of sulfone groups is 1. The lowest BCUT2D eigenvalue weighted by Crippen LogP contribution is -2.02. The second-order valence-electron chi connectivity index (χ2n) is 3.10. The average Bonchev–Trinajstić information content (AvgIpc) is 2.17. The zero-order valence-corrected chi connectivity index (χ0v) is 10.7. The first-order chi connectivity index (χ1) is 7.33. The van der Waals surface area contributed by atoms with Gasteiger partial charge in [-0.15, -0.1) is 0 Å². The predicted molar refractivity (Wildman–Crippen MR) is 62.7 cm³/mol. The van der Waals surface area contributed by atoms with E-state index in [0.717, 1.165) is 9.88 Å². The molecule has 0 heterocycles. The van der Waals surface area contributed by atoms with Crippen LogP contribution in [0.2, 0.25) is 0 Å². The molecule has 86 valence electrons. The van der Waals surface area contributed by atoms with Crippen molar-refractivity contribution in [3.63, 3.8) is 0 Å². The van der Waals surface area contributed by atoms with Gasteiger partial charge in [0.05, 0.1) is 4.90 Å². The number of benzene rings is 1. The topological polar surface area (TPSA) is 71.4 Å². The van der Waals surface area contributed by atoms with Gasteiger partial charge in [0.15, 0.2) is 9.84 Å². The molecule has 16 heavy (non-hydrogen) atoms. The Balaban J connectivity index is 3.18. The number of halogens is 1. The van der Waals surface area contributed by atoms with E-state index in [1.807, 2.05) is 0 Å². The molecule has 0 radical (unpaired) electrons. The lowest BCUT2D eigenvalue weighted by molar-refractivity contribution is -0.132. The van der Waals surface area contributed by atoms with E-state index in [0.29, 0.717) is 0 Å². The van der Waals surface area contributed by atoms with Crippen LogP contribution in [0.15, 0.2) is 44.6 Å². The van der Waals surface area contributed by atoms with Crippen molar-refractivity contribution >= 4 is 31.7 Å². The van der Waals surface area contributed by atoms with Crippen LogP contribution in [-0.2, 0) is 14.6 Å². The second kappa shape index (κ2) is 4.80. The summed E-state index contributed by atoms with van der Waals surface area (Å²) in [5, 5.41) is 9.34. The van der Waals surface area contributed by atoms with Crippen LogP contribution >= 0.6 is 15.9 Å². The highest BCUT2D eigenvalue weighted by molar-refractivity contribution is 9.10. The van der Waals surface area contributed by atoms with Gasteiger partial charge in [0.2, 0.25) is 0 Å². The maximum absolute atomic E-state index is 11.7. The molecule has 0 fully saturated rings. The maximum atomic E-state index is 11.7. The van der Waals surface area contributed by atoms with E-state index in [2.05, 4.69) is 15.9 Å². The van der Waals surface area contributed by atoms with E-state index in [-0.39, 0.29) is 10.5 Å². The molecule has 0 saturated heterocycles. The Bertz CT molecular complexity index is 528. The standard InChI is InChI=1S/C10H9BrO4S/c1-7(10(12)13)6-16(14,15)9-4-2-8(11)3-5-9/h2-6H,1H3,(H,12,13)/b7-6+. The Hall–Kier alpha value is -1.14. The maximum Gasteiger partial charge on any atom is 0.331 e. The molecule has 0 aliphatic rings. The summed E-state index contributed by atoms with van der Waals surface area (Å²) >= 11 is 3.18. The van der Waals surface area contributed by atoms with Crippen molar-refractivity contribution in [2.24, 2.45) is 0 Å². The van der Waals surface area contributed by atoms with Crippen LogP contribution in [0.25, 0.3) is 0 Å². The van der Waals surface area contributed by atoms with Gasteiger partial charge in [-0.2, -0.15) is 0 Å². The number of hydrogen-bond donors (Lipinski definition) is 1. The first-order valence-electron chi connectivity index (χ1n) is 4.25. The first kappa shape index (κ1) is 12.9. The van der Waals surface area contributed by atoms with E-state index in [4.69, 9.17) is 5.11 Å². The Morgan fingerprint density at radius 2 is 1.81 bits per heavy atom. The quantitative estimate of drug-likeness (QED) is 0.869. The highest BCUT2D eigenvalue weighted by atomic mass is 79.9.